The zero-order chi connectivity index (χ0) is 21.3. The molecule has 0 aliphatic heterocycles. The first-order valence-electron chi connectivity index (χ1n) is 9.83. The highest BCUT2D eigenvalue weighted by atomic mass is 16.2. The Morgan fingerprint density at radius 3 is 2.60 bits per heavy atom. The SMILES string of the molecule is Cc1cccc(C(C)C)c1NC(=O)Cn1cnc2c(cnn2-c2ccccc2)c1=O. The summed E-state index contributed by atoms with van der Waals surface area (Å²) in [6.07, 6.45) is 2.89. The summed E-state index contributed by atoms with van der Waals surface area (Å²) in [4.78, 5) is 30.0. The fourth-order valence-corrected chi connectivity index (χ4v) is 3.50. The highest BCUT2D eigenvalue weighted by Gasteiger charge is 2.15. The quantitative estimate of drug-likeness (QED) is 0.553. The maximum Gasteiger partial charge on any atom is 0.264 e. The van der Waals surface area contributed by atoms with Crippen LogP contribution in [-0.2, 0) is 11.3 Å². The van der Waals surface area contributed by atoms with E-state index in [1.54, 1.807) is 4.68 Å². The van der Waals surface area contributed by atoms with Crippen molar-refractivity contribution in [1.29, 1.82) is 0 Å². The van der Waals surface area contributed by atoms with Gasteiger partial charge in [0.2, 0.25) is 5.91 Å². The first-order valence-corrected chi connectivity index (χ1v) is 9.83. The van der Waals surface area contributed by atoms with Crippen LogP contribution >= 0.6 is 0 Å². The molecule has 1 amide bonds. The summed E-state index contributed by atoms with van der Waals surface area (Å²) in [5.74, 6) is -0.00494. The number of nitrogens with zero attached hydrogens (tertiary/aromatic N) is 4. The summed E-state index contributed by atoms with van der Waals surface area (Å²) in [5, 5.41) is 7.63. The third kappa shape index (κ3) is 3.61. The number of nitrogens with one attached hydrogen (secondary N) is 1. The van der Waals surface area contributed by atoms with Gasteiger partial charge >= 0.3 is 0 Å². The van der Waals surface area contributed by atoms with E-state index >= 15 is 0 Å². The number of carbonyl (C=O) groups is 1. The molecule has 0 bridgehead atoms. The van der Waals surface area contributed by atoms with Gasteiger partial charge in [-0.25, -0.2) is 9.67 Å². The summed E-state index contributed by atoms with van der Waals surface area (Å²) in [6.45, 7) is 6.00. The lowest BCUT2D eigenvalue weighted by atomic mass is 9.98. The molecule has 4 aromatic rings. The van der Waals surface area contributed by atoms with Crippen LogP contribution in [0.3, 0.4) is 0 Å². The molecule has 7 heteroatoms. The first kappa shape index (κ1) is 19.6. The van der Waals surface area contributed by atoms with Crippen molar-refractivity contribution in [2.24, 2.45) is 0 Å². The molecule has 0 radical (unpaired) electrons. The van der Waals surface area contributed by atoms with Crippen LogP contribution in [0.15, 0.2) is 65.8 Å². The van der Waals surface area contributed by atoms with Crippen LogP contribution < -0.4 is 10.9 Å². The fraction of sp³-hybridized carbons (Fsp3) is 0.217. The van der Waals surface area contributed by atoms with Gasteiger partial charge in [0.25, 0.3) is 5.56 Å². The molecule has 30 heavy (non-hydrogen) atoms. The minimum absolute atomic E-state index is 0.121. The van der Waals surface area contributed by atoms with Gasteiger partial charge in [0.1, 0.15) is 18.3 Å². The minimum Gasteiger partial charge on any atom is -0.324 e. The number of hydrogen-bond acceptors (Lipinski definition) is 4. The number of benzene rings is 2. The van der Waals surface area contributed by atoms with Gasteiger partial charge in [-0.3, -0.25) is 14.2 Å². The summed E-state index contributed by atoms with van der Waals surface area (Å²) < 4.78 is 2.92. The number of aryl methyl sites for hydroxylation is 1. The second-order valence-corrected chi connectivity index (χ2v) is 7.55. The number of rotatable bonds is 5. The van der Waals surface area contributed by atoms with E-state index in [1.165, 1.54) is 17.1 Å². The van der Waals surface area contributed by atoms with Crippen LogP contribution in [0.25, 0.3) is 16.7 Å². The molecule has 1 N–H and O–H groups in total. The summed E-state index contributed by atoms with van der Waals surface area (Å²) in [5.41, 5.74) is 3.83. The molecule has 0 atom stereocenters. The van der Waals surface area contributed by atoms with Crippen molar-refractivity contribution < 1.29 is 4.79 Å². The zero-order valence-electron chi connectivity index (χ0n) is 17.2. The molecular formula is C23H23N5O2. The molecular weight excluding hydrogens is 378 g/mol. The Kier molecular flexibility index (Phi) is 5.18. The summed E-state index contributed by atoms with van der Waals surface area (Å²) in [7, 11) is 0. The standard InChI is InChI=1S/C23H23N5O2/c1-15(2)18-11-7-8-16(3)21(18)26-20(29)13-27-14-24-22-19(23(27)30)12-25-28(22)17-9-5-4-6-10-17/h4-12,14-15H,13H2,1-3H3,(H,26,29). The molecule has 0 aliphatic rings. The number of hydrogen-bond donors (Lipinski definition) is 1. The average Bonchev–Trinajstić information content (AvgIpc) is 3.17. The Balaban J connectivity index is 1.62. The molecule has 152 valence electrons. The number of amides is 1. The largest absolute Gasteiger partial charge is 0.324 e. The van der Waals surface area contributed by atoms with Crippen molar-refractivity contribution in [2.45, 2.75) is 33.2 Å². The van der Waals surface area contributed by atoms with Crippen LogP contribution in [-0.4, -0.2) is 25.2 Å². The number of anilines is 1. The molecule has 4 rings (SSSR count). The van der Waals surface area contributed by atoms with E-state index < -0.39 is 0 Å². The molecule has 2 heterocycles. The van der Waals surface area contributed by atoms with Crippen LogP contribution in [0.2, 0.25) is 0 Å². The lowest BCUT2D eigenvalue weighted by molar-refractivity contribution is -0.116. The third-order valence-electron chi connectivity index (χ3n) is 5.06. The molecule has 0 aliphatic carbocycles. The number of carbonyl (C=O) groups excluding carboxylic acids is 1. The second-order valence-electron chi connectivity index (χ2n) is 7.55. The molecule has 0 fully saturated rings. The van der Waals surface area contributed by atoms with E-state index in [1.807, 2.05) is 55.5 Å². The lowest BCUT2D eigenvalue weighted by Gasteiger charge is -2.16. The molecule has 7 nitrogen and oxygen atoms in total. The predicted molar refractivity (Wildman–Crippen MR) is 117 cm³/mol. The number of para-hydroxylation sites is 2. The van der Waals surface area contributed by atoms with Gasteiger partial charge in [0.05, 0.1) is 11.9 Å². The van der Waals surface area contributed by atoms with Gasteiger partial charge in [0, 0.05) is 5.69 Å². The van der Waals surface area contributed by atoms with E-state index in [2.05, 4.69) is 29.2 Å². The molecule has 2 aromatic heterocycles. The van der Waals surface area contributed by atoms with Crippen molar-refractivity contribution in [2.75, 3.05) is 5.32 Å². The molecule has 2 aromatic carbocycles. The second kappa shape index (κ2) is 7.94. The van der Waals surface area contributed by atoms with Gasteiger partial charge in [-0.1, -0.05) is 50.2 Å². The normalized spacial score (nSPS) is 11.2. The van der Waals surface area contributed by atoms with Crippen LogP contribution in [0.4, 0.5) is 5.69 Å². The molecule has 0 spiro atoms. The molecule has 0 saturated heterocycles. The summed E-state index contributed by atoms with van der Waals surface area (Å²) in [6, 6.07) is 15.4. The average molecular weight is 401 g/mol. The van der Waals surface area contributed by atoms with Gasteiger partial charge in [-0.05, 0) is 36.1 Å². The maximum absolute atomic E-state index is 12.9. The van der Waals surface area contributed by atoms with E-state index in [0.29, 0.717) is 11.0 Å². The maximum atomic E-state index is 12.9. The van der Waals surface area contributed by atoms with Gasteiger partial charge in [0.15, 0.2) is 5.65 Å². The van der Waals surface area contributed by atoms with Crippen molar-refractivity contribution in [1.82, 2.24) is 19.3 Å². The zero-order valence-corrected chi connectivity index (χ0v) is 17.2. The van der Waals surface area contributed by atoms with Gasteiger partial charge in [-0.2, -0.15) is 5.10 Å². The fourth-order valence-electron chi connectivity index (χ4n) is 3.50. The summed E-state index contributed by atoms with van der Waals surface area (Å²) >= 11 is 0. The highest BCUT2D eigenvalue weighted by Crippen LogP contribution is 2.27. The monoisotopic (exact) mass is 401 g/mol. The van der Waals surface area contributed by atoms with Gasteiger partial charge in [-0.15, -0.1) is 0 Å². The smallest absolute Gasteiger partial charge is 0.264 e. The number of aromatic nitrogens is 4. The molecule has 0 saturated carbocycles. The number of fused-ring (bicyclic) bond motifs is 1. The third-order valence-corrected chi connectivity index (χ3v) is 5.06. The van der Waals surface area contributed by atoms with E-state index in [-0.39, 0.29) is 23.9 Å². The van der Waals surface area contributed by atoms with Crippen LogP contribution in [0.5, 0.6) is 0 Å². The lowest BCUT2D eigenvalue weighted by Crippen LogP contribution is -2.28. The van der Waals surface area contributed by atoms with Crippen LogP contribution in [0, 0.1) is 6.92 Å². The van der Waals surface area contributed by atoms with Crippen molar-refractivity contribution in [3.63, 3.8) is 0 Å². The van der Waals surface area contributed by atoms with Crippen molar-refractivity contribution in [3.05, 3.63) is 82.5 Å². The van der Waals surface area contributed by atoms with Crippen molar-refractivity contribution in [3.8, 4) is 5.69 Å². The van der Waals surface area contributed by atoms with Gasteiger partial charge < -0.3 is 5.32 Å². The minimum atomic E-state index is -0.300. The van der Waals surface area contributed by atoms with Crippen molar-refractivity contribution >= 4 is 22.6 Å². The molecule has 0 unspecified atom stereocenters. The van der Waals surface area contributed by atoms with E-state index in [9.17, 15) is 9.59 Å². The Labute approximate surface area is 174 Å². The first-order chi connectivity index (χ1) is 14.5. The Morgan fingerprint density at radius 1 is 1.10 bits per heavy atom. The topological polar surface area (TPSA) is 81.8 Å². The Morgan fingerprint density at radius 2 is 1.87 bits per heavy atom. The Bertz CT molecular complexity index is 1270. The van der Waals surface area contributed by atoms with E-state index in [4.69, 9.17) is 0 Å². The van der Waals surface area contributed by atoms with Crippen LogP contribution in [0.1, 0.15) is 30.9 Å². The predicted octanol–water partition coefficient (Wildman–Crippen LogP) is 3.65. The van der Waals surface area contributed by atoms with E-state index in [0.717, 1.165) is 22.5 Å². The Hall–Kier alpha value is -3.74. The highest BCUT2D eigenvalue weighted by molar-refractivity contribution is 5.92.